The van der Waals surface area contributed by atoms with Crippen LogP contribution in [0.1, 0.15) is 31.4 Å². The van der Waals surface area contributed by atoms with Crippen LogP contribution in [0.25, 0.3) is 11.0 Å². The highest BCUT2D eigenvalue weighted by atomic mass is 32.2. The first-order valence-electron chi connectivity index (χ1n) is 8.66. The van der Waals surface area contributed by atoms with E-state index >= 15 is 0 Å². The summed E-state index contributed by atoms with van der Waals surface area (Å²) in [6, 6.07) is 13.2. The Kier molecular flexibility index (Phi) is 4.90. The van der Waals surface area contributed by atoms with Crippen LogP contribution < -0.4 is 11.5 Å². The molecule has 2 aromatic carbocycles. The Morgan fingerprint density at radius 3 is 2.39 bits per heavy atom. The second kappa shape index (κ2) is 6.92. The van der Waals surface area contributed by atoms with Gasteiger partial charge in [-0.1, -0.05) is 36.4 Å². The second-order valence-corrected chi connectivity index (χ2v) is 9.24. The molecule has 1 aromatic heterocycles. The first-order valence-corrected chi connectivity index (χ1v) is 10.2. The molecule has 1 atom stereocenters. The highest BCUT2D eigenvalue weighted by molar-refractivity contribution is 7.90. The smallest absolute Gasteiger partial charge is 0.244 e. The predicted octanol–water partition coefficient (Wildman–Crippen LogP) is 1.32. The number of aliphatic hydroxyl groups is 1. The minimum atomic E-state index is -3.78. The zero-order valence-electron chi connectivity index (χ0n) is 15.5. The summed E-state index contributed by atoms with van der Waals surface area (Å²) in [4.78, 5) is 15.8. The fourth-order valence-corrected chi connectivity index (χ4v) is 4.29. The van der Waals surface area contributed by atoms with Crippen LogP contribution >= 0.6 is 0 Å². The Morgan fingerprint density at radius 1 is 1.18 bits per heavy atom. The van der Waals surface area contributed by atoms with Gasteiger partial charge in [0, 0.05) is 0 Å². The SMILES string of the molecule is CC(C)S(=O)(=O)n1c(N)nc2ccc(C(O)(CC(N)=O)c3ccccc3)cc21. The molecular weight excluding hydrogens is 380 g/mol. The van der Waals surface area contributed by atoms with E-state index in [1.807, 2.05) is 0 Å². The summed E-state index contributed by atoms with van der Waals surface area (Å²) < 4.78 is 26.5. The lowest BCUT2D eigenvalue weighted by Gasteiger charge is -2.28. The molecule has 8 nitrogen and oxygen atoms in total. The first-order chi connectivity index (χ1) is 13.1. The van der Waals surface area contributed by atoms with Crippen molar-refractivity contribution in [1.82, 2.24) is 8.96 Å². The summed E-state index contributed by atoms with van der Waals surface area (Å²) in [6.45, 7) is 3.08. The van der Waals surface area contributed by atoms with Crippen LogP contribution in [0, 0.1) is 0 Å². The van der Waals surface area contributed by atoms with Gasteiger partial charge in [0.15, 0.2) is 0 Å². The summed E-state index contributed by atoms with van der Waals surface area (Å²) in [5.41, 5.74) is 10.9. The third-order valence-electron chi connectivity index (χ3n) is 4.65. The molecule has 0 fully saturated rings. The molecular formula is C19H22N4O4S. The van der Waals surface area contributed by atoms with Crippen molar-refractivity contribution in [3.8, 4) is 0 Å². The molecule has 0 aliphatic carbocycles. The van der Waals surface area contributed by atoms with E-state index in [1.54, 1.807) is 42.5 Å². The molecule has 1 unspecified atom stereocenters. The number of carbonyl (C=O) groups excluding carboxylic acids is 1. The molecule has 3 rings (SSSR count). The molecule has 28 heavy (non-hydrogen) atoms. The van der Waals surface area contributed by atoms with Crippen molar-refractivity contribution < 1.29 is 18.3 Å². The number of imidazole rings is 1. The van der Waals surface area contributed by atoms with Crippen molar-refractivity contribution in [2.24, 2.45) is 5.73 Å². The number of fused-ring (bicyclic) bond motifs is 1. The van der Waals surface area contributed by atoms with Crippen LogP contribution in [0.2, 0.25) is 0 Å². The Labute approximate surface area is 162 Å². The van der Waals surface area contributed by atoms with E-state index in [9.17, 15) is 18.3 Å². The van der Waals surface area contributed by atoms with Crippen LogP contribution in [0.15, 0.2) is 48.5 Å². The van der Waals surface area contributed by atoms with Crippen molar-refractivity contribution in [3.63, 3.8) is 0 Å². The molecule has 3 aromatic rings. The molecule has 0 bridgehead atoms. The Hall–Kier alpha value is -2.91. The number of benzene rings is 2. The molecule has 1 heterocycles. The number of nitrogens with two attached hydrogens (primary N) is 2. The van der Waals surface area contributed by atoms with E-state index in [-0.39, 0.29) is 17.9 Å². The topological polar surface area (TPSA) is 141 Å². The average molecular weight is 402 g/mol. The molecule has 0 radical (unpaired) electrons. The highest BCUT2D eigenvalue weighted by Gasteiger charge is 2.35. The summed E-state index contributed by atoms with van der Waals surface area (Å²) in [6.07, 6.45) is -0.372. The van der Waals surface area contributed by atoms with Gasteiger partial charge in [-0.3, -0.25) is 4.79 Å². The summed E-state index contributed by atoms with van der Waals surface area (Å²) >= 11 is 0. The number of carbonyl (C=O) groups is 1. The number of anilines is 1. The van der Waals surface area contributed by atoms with Crippen LogP contribution in [0.4, 0.5) is 5.95 Å². The molecule has 0 aliphatic heterocycles. The zero-order chi connectivity index (χ0) is 20.7. The van der Waals surface area contributed by atoms with Crippen molar-refractivity contribution in [2.75, 3.05) is 5.73 Å². The molecule has 5 N–H and O–H groups in total. The standard InChI is InChI=1S/C19H22N4O4S/c1-12(2)28(26,27)23-16-10-14(8-9-15(16)22-18(23)21)19(25,11-17(20)24)13-6-4-3-5-7-13/h3-10,12,25H,11H2,1-2H3,(H2,20,24)(H2,21,22). The van der Waals surface area contributed by atoms with Gasteiger partial charge >= 0.3 is 0 Å². The van der Waals surface area contributed by atoms with Gasteiger partial charge in [-0.2, -0.15) is 0 Å². The Balaban J connectivity index is 2.29. The summed E-state index contributed by atoms with van der Waals surface area (Å²) in [5.74, 6) is -0.867. The third kappa shape index (κ3) is 3.23. The van der Waals surface area contributed by atoms with Gasteiger partial charge < -0.3 is 16.6 Å². The summed E-state index contributed by atoms with van der Waals surface area (Å²) in [7, 11) is -3.78. The zero-order valence-corrected chi connectivity index (χ0v) is 16.3. The highest BCUT2D eigenvalue weighted by Crippen LogP contribution is 2.35. The first kappa shape index (κ1) is 19.8. The van der Waals surface area contributed by atoms with Gasteiger partial charge in [-0.05, 0) is 37.1 Å². The van der Waals surface area contributed by atoms with Gasteiger partial charge in [0.1, 0.15) is 5.60 Å². The number of aromatic nitrogens is 2. The van der Waals surface area contributed by atoms with Gasteiger partial charge in [0.05, 0.1) is 22.7 Å². The van der Waals surface area contributed by atoms with E-state index in [2.05, 4.69) is 4.98 Å². The molecule has 1 amide bonds. The lowest BCUT2D eigenvalue weighted by atomic mass is 9.83. The number of rotatable bonds is 6. The monoisotopic (exact) mass is 402 g/mol. The largest absolute Gasteiger partial charge is 0.380 e. The average Bonchev–Trinajstić information content (AvgIpc) is 2.97. The van der Waals surface area contributed by atoms with Gasteiger partial charge in [0.2, 0.25) is 21.9 Å². The minimum Gasteiger partial charge on any atom is -0.380 e. The van der Waals surface area contributed by atoms with Crippen molar-refractivity contribution in [1.29, 1.82) is 0 Å². The number of nitrogens with zero attached hydrogens (tertiary/aromatic N) is 2. The summed E-state index contributed by atoms with van der Waals surface area (Å²) in [5, 5.41) is 10.7. The van der Waals surface area contributed by atoms with Crippen LogP contribution in [-0.4, -0.2) is 33.6 Å². The number of amides is 1. The maximum atomic E-state index is 12.7. The molecule has 9 heteroatoms. The molecule has 148 valence electrons. The van der Waals surface area contributed by atoms with Crippen LogP contribution in [-0.2, 0) is 20.4 Å². The van der Waals surface area contributed by atoms with Crippen molar-refractivity contribution in [2.45, 2.75) is 31.1 Å². The van der Waals surface area contributed by atoms with E-state index in [1.165, 1.54) is 19.9 Å². The minimum absolute atomic E-state index is 0.168. The number of primary amides is 1. The Bertz CT molecular complexity index is 1140. The molecule has 0 aliphatic rings. The van der Waals surface area contributed by atoms with E-state index in [4.69, 9.17) is 11.5 Å². The quantitative estimate of drug-likeness (QED) is 0.568. The van der Waals surface area contributed by atoms with Crippen LogP contribution in [0.3, 0.4) is 0 Å². The number of hydrogen-bond acceptors (Lipinski definition) is 6. The second-order valence-electron chi connectivity index (χ2n) is 6.90. The van der Waals surface area contributed by atoms with Gasteiger partial charge in [-0.25, -0.2) is 17.4 Å². The molecule has 0 saturated heterocycles. The molecule has 0 spiro atoms. The maximum absolute atomic E-state index is 12.7. The third-order valence-corrected chi connectivity index (χ3v) is 6.73. The van der Waals surface area contributed by atoms with Gasteiger partial charge in [0.25, 0.3) is 0 Å². The van der Waals surface area contributed by atoms with Crippen molar-refractivity contribution in [3.05, 3.63) is 59.7 Å². The normalized spacial score (nSPS) is 14.3. The Morgan fingerprint density at radius 2 is 1.82 bits per heavy atom. The maximum Gasteiger partial charge on any atom is 0.244 e. The number of hydrogen-bond donors (Lipinski definition) is 3. The fraction of sp³-hybridized carbons (Fsp3) is 0.263. The molecule has 0 saturated carbocycles. The lowest BCUT2D eigenvalue weighted by Crippen LogP contribution is -2.33. The van der Waals surface area contributed by atoms with E-state index in [0.717, 1.165) is 3.97 Å². The van der Waals surface area contributed by atoms with Crippen molar-refractivity contribution >= 4 is 32.9 Å². The van der Waals surface area contributed by atoms with Crippen LogP contribution in [0.5, 0.6) is 0 Å². The van der Waals surface area contributed by atoms with Gasteiger partial charge in [-0.15, -0.1) is 0 Å². The predicted molar refractivity (Wildman–Crippen MR) is 107 cm³/mol. The fourth-order valence-electron chi connectivity index (χ4n) is 3.15. The van der Waals surface area contributed by atoms with E-state index < -0.39 is 26.8 Å². The van der Waals surface area contributed by atoms with E-state index in [0.29, 0.717) is 16.6 Å². The number of nitrogen functional groups attached to an aromatic ring is 1. The lowest BCUT2D eigenvalue weighted by molar-refractivity contribution is -0.121.